The van der Waals surface area contributed by atoms with Crippen molar-refractivity contribution in [1.29, 1.82) is 0 Å². The van der Waals surface area contributed by atoms with Crippen LogP contribution in [-0.2, 0) is 0 Å². The molecule has 18 heavy (non-hydrogen) atoms. The van der Waals surface area contributed by atoms with Crippen LogP contribution < -0.4 is 5.32 Å². The van der Waals surface area contributed by atoms with Crippen LogP contribution >= 0.6 is 0 Å². The van der Waals surface area contributed by atoms with Gasteiger partial charge in [0, 0.05) is 18.8 Å². The normalized spacial score (nSPS) is 24.8. The number of rotatable bonds is 3. The highest BCUT2D eigenvalue weighted by Crippen LogP contribution is 2.22. The SMILES string of the molecule is CC1CN(C)CCC1Nc1cccnc1C(=O)O. The van der Waals surface area contributed by atoms with E-state index in [2.05, 4.69) is 29.2 Å². The van der Waals surface area contributed by atoms with Crippen molar-refractivity contribution in [3.8, 4) is 0 Å². The lowest BCUT2D eigenvalue weighted by molar-refractivity contribution is 0.0691. The number of nitrogens with zero attached hydrogens (tertiary/aromatic N) is 2. The van der Waals surface area contributed by atoms with Gasteiger partial charge in [-0.25, -0.2) is 9.78 Å². The lowest BCUT2D eigenvalue weighted by Crippen LogP contribution is -2.43. The summed E-state index contributed by atoms with van der Waals surface area (Å²) in [4.78, 5) is 17.3. The monoisotopic (exact) mass is 249 g/mol. The van der Waals surface area contributed by atoms with Crippen LogP contribution in [0.25, 0.3) is 0 Å². The molecule has 5 heteroatoms. The maximum Gasteiger partial charge on any atom is 0.356 e. The maximum atomic E-state index is 11.1. The second-order valence-corrected chi connectivity index (χ2v) is 4.98. The van der Waals surface area contributed by atoms with Crippen molar-refractivity contribution >= 4 is 11.7 Å². The second kappa shape index (κ2) is 5.35. The molecule has 0 radical (unpaired) electrons. The molecule has 2 heterocycles. The first-order chi connectivity index (χ1) is 8.58. The molecule has 0 aromatic carbocycles. The van der Waals surface area contributed by atoms with Crippen molar-refractivity contribution in [2.75, 3.05) is 25.5 Å². The molecule has 2 atom stereocenters. The van der Waals surface area contributed by atoms with Crippen molar-refractivity contribution in [2.24, 2.45) is 5.92 Å². The Hall–Kier alpha value is -1.62. The smallest absolute Gasteiger partial charge is 0.356 e. The Labute approximate surface area is 107 Å². The summed E-state index contributed by atoms with van der Waals surface area (Å²) in [5, 5.41) is 12.4. The third kappa shape index (κ3) is 2.79. The number of hydrogen-bond acceptors (Lipinski definition) is 4. The molecule has 1 aliphatic rings. The van der Waals surface area contributed by atoms with E-state index in [1.807, 2.05) is 0 Å². The number of carboxylic acid groups (broad SMARTS) is 1. The van der Waals surface area contributed by atoms with Gasteiger partial charge in [-0.2, -0.15) is 0 Å². The predicted molar refractivity (Wildman–Crippen MR) is 69.9 cm³/mol. The van der Waals surface area contributed by atoms with Crippen molar-refractivity contribution in [3.05, 3.63) is 24.0 Å². The molecule has 0 bridgehead atoms. The minimum atomic E-state index is -0.987. The quantitative estimate of drug-likeness (QED) is 0.850. The van der Waals surface area contributed by atoms with Crippen LogP contribution in [0.1, 0.15) is 23.8 Å². The first kappa shape index (κ1) is 12.8. The molecule has 98 valence electrons. The van der Waals surface area contributed by atoms with Gasteiger partial charge in [0.15, 0.2) is 5.69 Å². The number of aromatic nitrogens is 1. The lowest BCUT2D eigenvalue weighted by Gasteiger charge is -2.35. The molecule has 1 fully saturated rings. The highest BCUT2D eigenvalue weighted by Gasteiger charge is 2.25. The Kier molecular flexibility index (Phi) is 3.81. The Morgan fingerprint density at radius 2 is 2.39 bits per heavy atom. The Morgan fingerprint density at radius 1 is 1.61 bits per heavy atom. The molecule has 0 aliphatic carbocycles. The van der Waals surface area contributed by atoms with Crippen LogP contribution in [0, 0.1) is 5.92 Å². The highest BCUT2D eigenvalue weighted by atomic mass is 16.4. The van der Waals surface area contributed by atoms with Gasteiger partial charge in [0.2, 0.25) is 0 Å². The summed E-state index contributed by atoms with van der Waals surface area (Å²) < 4.78 is 0. The van der Waals surface area contributed by atoms with Crippen LogP contribution in [0.2, 0.25) is 0 Å². The molecular weight excluding hydrogens is 230 g/mol. The van der Waals surface area contributed by atoms with Crippen LogP contribution in [0.4, 0.5) is 5.69 Å². The van der Waals surface area contributed by atoms with E-state index in [9.17, 15) is 4.79 Å². The second-order valence-electron chi connectivity index (χ2n) is 4.98. The van der Waals surface area contributed by atoms with E-state index in [1.54, 1.807) is 12.1 Å². The van der Waals surface area contributed by atoms with Gasteiger partial charge in [-0.3, -0.25) is 0 Å². The fourth-order valence-electron chi connectivity index (χ4n) is 2.46. The van der Waals surface area contributed by atoms with Gasteiger partial charge >= 0.3 is 5.97 Å². The number of carbonyl (C=O) groups is 1. The minimum absolute atomic E-state index is 0.101. The molecule has 0 spiro atoms. The summed E-state index contributed by atoms with van der Waals surface area (Å²) >= 11 is 0. The summed E-state index contributed by atoms with van der Waals surface area (Å²) in [6.07, 6.45) is 2.53. The van der Waals surface area contributed by atoms with Gasteiger partial charge in [0.1, 0.15) is 0 Å². The molecule has 0 saturated carbocycles. The largest absolute Gasteiger partial charge is 0.476 e. The van der Waals surface area contributed by atoms with Gasteiger partial charge < -0.3 is 15.3 Å². The number of likely N-dealkylation sites (tertiary alicyclic amines) is 1. The molecule has 2 unspecified atom stereocenters. The van der Waals surface area contributed by atoms with Gasteiger partial charge in [-0.15, -0.1) is 0 Å². The first-order valence-electron chi connectivity index (χ1n) is 6.21. The Balaban J connectivity index is 2.12. The average Bonchev–Trinajstić information content (AvgIpc) is 2.33. The third-order valence-electron chi connectivity index (χ3n) is 3.46. The highest BCUT2D eigenvalue weighted by molar-refractivity contribution is 5.91. The van der Waals surface area contributed by atoms with E-state index in [0.29, 0.717) is 17.6 Å². The van der Waals surface area contributed by atoms with Crippen molar-refractivity contribution in [1.82, 2.24) is 9.88 Å². The summed E-state index contributed by atoms with van der Waals surface area (Å²) in [7, 11) is 2.11. The van der Waals surface area contributed by atoms with Crippen molar-refractivity contribution < 1.29 is 9.90 Å². The van der Waals surface area contributed by atoms with E-state index < -0.39 is 5.97 Å². The zero-order valence-corrected chi connectivity index (χ0v) is 10.8. The minimum Gasteiger partial charge on any atom is -0.476 e. The third-order valence-corrected chi connectivity index (χ3v) is 3.46. The number of carboxylic acids is 1. The van der Waals surface area contributed by atoms with E-state index >= 15 is 0 Å². The zero-order valence-electron chi connectivity index (χ0n) is 10.8. The fourth-order valence-corrected chi connectivity index (χ4v) is 2.46. The van der Waals surface area contributed by atoms with Gasteiger partial charge in [0.25, 0.3) is 0 Å². The average molecular weight is 249 g/mol. The Bertz CT molecular complexity index is 436. The standard InChI is InChI=1S/C13H19N3O2/c1-9-8-16(2)7-5-10(9)15-11-4-3-6-14-12(11)13(17)18/h3-4,6,9-10,15H,5,7-8H2,1-2H3,(H,17,18). The lowest BCUT2D eigenvalue weighted by atomic mass is 9.94. The molecule has 0 amide bonds. The molecule has 5 nitrogen and oxygen atoms in total. The van der Waals surface area contributed by atoms with Crippen LogP contribution in [-0.4, -0.2) is 47.1 Å². The molecule has 1 aliphatic heterocycles. The summed E-state index contributed by atoms with van der Waals surface area (Å²) in [6, 6.07) is 3.85. The Morgan fingerprint density at radius 3 is 3.06 bits per heavy atom. The molecule has 1 aromatic rings. The van der Waals surface area contributed by atoms with Gasteiger partial charge in [-0.1, -0.05) is 6.92 Å². The predicted octanol–water partition coefficient (Wildman–Crippen LogP) is 1.53. The van der Waals surface area contributed by atoms with Crippen molar-refractivity contribution in [3.63, 3.8) is 0 Å². The van der Waals surface area contributed by atoms with E-state index in [4.69, 9.17) is 5.11 Å². The van der Waals surface area contributed by atoms with Crippen LogP contribution in [0.3, 0.4) is 0 Å². The number of piperidine rings is 1. The molecule has 1 saturated heterocycles. The molecule has 2 N–H and O–H groups in total. The van der Waals surface area contributed by atoms with Gasteiger partial charge in [-0.05, 0) is 38.1 Å². The summed E-state index contributed by atoms with van der Waals surface area (Å²) in [5.41, 5.74) is 0.718. The van der Waals surface area contributed by atoms with Crippen LogP contribution in [0.5, 0.6) is 0 Å². The summed E-state index contributed by atoms with van der Waals surface area (Å²) in [5.74, 6) is -0.496. The number of anilines is 1. The fraction of sp³-hybridized carbons (Fsp3) is 0.538. The van der Waals surface area contributed by atoms with E-state index in [-0.39, 0.29) is 5.69 Å². The van der Waals surface area contributed by atoms with E-state index in [1.165, 1.54) is 6.20 Å². The maximum absolute atomic E-state index is 11.1. The van der Waals surface area contributed by atoms with Crippen LogP contribution in [0.15, 0.2) is 18.3 Å². The van der Waals surface area contributed by atoms with Crippen molar-refractivity contribution in [2.45, 2.75) is 19.4 Å². The molecular formula is C13H19N3O2. The van der Waals surface area contributed by atoms with Gasteiger partial charge in [0.05, 0.1) is 5.69 Å². The zero-order chi connectivity index (χ0) is 13.1. The number of hydrogen-bond donors (Lipinski definition) is 2. The number of aromatic carboxylic acids is 1. The van der Waals surface area contributed by atoms with E-state index in [0.717, 1.165) is 19.5 Å². The topological polar surface area (TPSA) is 65.5 Å². The summed E-state index contributed by atoms with van der Waals surface area (Å²) in [6.45, 7) is 4.25. The molecule has 1 aromatic heterocycles. The number of pyridine rings is 1. The first-order valence-corrected chi connectivity index (χ1v) is 6.21. The molecule has 2 rings (SSSR count). The number of nitrogens with one attached hydrogen (secondary N) is 1.